The van der Waals surface area contributed by atoms with Crippen molar-refractivity contribution >= 4 is 32.6 Å². The molecule has 1 amide bonds. The van der Waals surface area contributed by atoms with Crippen LogP contribution in [0.15, 0.2) is 24.3 Å². The Labute approximate surface area is 143 Å². The average molecular weight is 366 g/mol. The number of halogens is 1. The van der Waals surface area contributed by atoms with E-state index in [1.165, 1.54) is 12.1 Å². The van der Waals surface area contributed by atoms with E-state index in [4.69, 9.17) is 4.74 Å². The van der Waals surface area contributed by atoms with E-state index in [1.54, 1.807) is 16.9 Å². The standard InChI is InChI=1S/C16H15FN2O5S/c17-15-12-4-3-11(24-8-9-1-2-9)5-10(12)6-13(20)16(15)19-7-14(21)18-25(19,22)23/h3-6,9,20H,1-2,7-8H2,(H,18,21). The summed E-state index contributed by atoms with van der Waals surface area (Å²) >= 11 is 0. The number of hydrogen-bond donors (Lipinski definition) is 2. The molecular weight excluding hydrogens is 351 g/mol. The zero-order chi connectivity index (χ0) is 17.8. The van der Waals surface area contributed by atoms with Crippen LogP contribution in [0.3, 0.4) is 0 Å². The lowest BCUT2D eigenvalue weighted by Crippen LogP contribution is -2.30. The van der Waals surface area contributed by atoms with Gasteiger partial charge in [0.2, 0.25) is 0 Å². The number of phenols is 1. The molecule has 0 aromatic heterocycles. The number of fused-ring (bicyclic) bond motifs is 1. The van der Waals surface area contributed by atoms with Crippen LogP contribution in [0.2, 0.25) is 0 Å². The van der Waals surface area contributed by atoms with Crippen molar-refractivity contribution in [2.75, 3.05) is 17.5 Å². The lowest BCUT2D eigenvalue weighted by Gasteiger charge is -2.18. The predicted molar refractivity (Wildman–Crippen MR) is 88.2 cm³/mol. The summed E-state index contributed by atoms with van der Waals surface area (Å²) in [4.78, 5) is 11.4. The summed E-state index contributed by atoms with van der Waals surface area (Å²) in [7, 11) is -4.21. The Morgan fingerprint density at radius 1 is 1.32 bits per heavy atom. The predicted octanol–water partition coefficient (Wildman–Crippen LogP) is 1.65. The smallest absolute Gasteiger partial charge is 0.326 e. The number of benzene rings is 2. The molecule has 2 aromatic rings. The van der Waals surface area contributed by atoms with E-state index in [1.807, 2.05) is 0 Å². The maximum absolute atomic E-state index is 14.9. The molecule has 0 atom stereocenters. The molecule has 0 radical (unpaired) electrons. The first-order chi connectivity index (χ1) is 11.8. The number of nitrogens with one attached hydrogen (secondary N) is 1. The molecule has 7 nitrogen and oxygen atoms in total. The highest BCUT2D eigenvalue weighted by molar-refractivity contribution is 7.92. The van der Waals surface area contributed by atoms with Gasteiger partial charge >= 0.3 is 10.2 Å². The molecule has 0 bridgehead atoms. The molecule has 0 spiro atoms. The molecule has 9 heteroatoms. The van der Waals surface area contributed by atoms with E-state index in [2.05, 4.69) is 0 Å². The lowest BCUT2D eigenvalue weighted by atomic mass is 10.1. The molecule has 2 fully saturated rings. The van der Waals surface area contributed by atoms with Gasteiger partial charge < -0.3 is 9.84 Å². The summed E-state index contributed by atoms with van der Waals surface area (Å²) in [5, 5.41) is 10.7. The summed E-state index contributed by atoms with van der Waals surface area (Å²) in [5.74, 6) is -1.15. The number of nitrogens with zero attached hydrogens (tertiary/aromatic N) is 1. The van der Waals surface area contributed by atoms with Crippen LogP contribution in [-0.2, 0) is 15.0 Å². The number of hydrogen-bond acceptors (Lipinski definition) is 5. The van der Waals surface area contributed by atoms with Crippen molar-refractivity contribution in [1.29, 1.82) is 0 Å². The number of ether oxygens (including phenoxy) is 1. The van der Waals surface area contributed by atoms with Crippen LogP contribution in [0.5, 0.6) is 11.5 Å². The maximum atomic E-state index is 14.9. The third-order valence-electron chi connectivity index (χ3n) is 4.25. The SMILES string of the molecule is O=C1CN(c2c(O)cc3cc(OCC4CC4)ccc3c2F)S(=O)(=O)N1. The minimum Gasteiger partial charge on any atom is -0.506 e. The fourth-order valence-corrected chi connectivity index (χ4v) is 3.95. The zero-order valence-electron chi connectivity index (χ0n) is 13.0. The summed E-state index contributed by atoms with van der Waals surface area (Å²) in [6.07, 6.45) is 2.28. The number of anilines is 1. The molecule has 1 heterocycles. The Hall–Kier alpha value is -2.55. The van der Waals surface area contributed by atoms with Gasteiger partial charge in [-0.05, 0) is 48.4 Å². The topological polar surface area (TPSA) is 95.9 Å². The third kappa shape index (κ3) is 2.84. The Bertz CT molecular complexity index is 988. The molecule has 2 aliphatic rings. The van der Waals surface area contributed by atoms with Gasteiger partial charge in [-0.2, -0.15) is 8.42 Å². The molecule has 2 aromatic carbocycles. The quantitative estimate of drug-likeness (QED) is 0.858. The summed E-state index contributed by atoms with van der Waals surface area (Å²) in [5.41, 5.74) is -0.544. The van der Waals surface area contributed by atoms with Gasteiger partial charge in [0.25, 0.3) is 5.91 Å². The normalized spacial score (nSPS) is 19.2. The van der Waals surface area contributed by atoms with Gasteiger partial charge in [-0.15, -0.1) is 0 Å². The van der Waals surface area contributed by atoms with Gasteiger partial charge in [-0.3, -0.25) is 4.79 Å². The molecule has 4 rings (SSSR count). The van der Waals surface area contributed by atoms with Gasteiger partial charge in [0.15, 0.2) is 5.82 Å². The Morgan fingerprint density at radius 2 is 2.08 bits per heavy atom. The van der Waals surface area contributed by atoms with Gasteiger partial charge in [0, 0.05) is 5.39 Å². The fourth-order valence-electron chi connectivity index (χ4n) is 2.79. The number of aromatic hydroxyl groups is 1. The van der Waals surface area contributed by atoms with Crippen molar-refractivity contribution < 1.29 is 27.4 Å². The van der Waals surface area contributed by atoms with Gasteiger partial charge in [-0.1, -0.05) is 0 Å². The fraction of sp³-hybridized carbons (Fsp3) is 0.312. The van der Waals surface area contributed by atoms with Crippen molar-refractivity contribution in [2.24, 2.45) is 5.92 Å². The number of carbonyl (C=O) groups excluding carboxylic acids is 1. The monoisotopic (exact) mass is 366 g/mol. The highest BCUT2D eigenvalue weighted by Gasteiger charge is 2.37. The van der Waals surface area contributed by atoms with Crippen molar-refractivity contribution in [1.82, 2.24) is 4.72 Å². The van der Waals surface area contributed by atoms with Crippen molar-refractivity contribution in [3.63, 3.8) is 0 Å². The first kappa shape index (κ1) is 15.9. The third-order valence-corrected chi connectivity index (χ3v) is 5.63. The largest absolute Gasteiger partial charge is 0.506 e. The molecule has 1 saturated heterocycles. The van der Waals surface area contributed by atoms with E-state index < -0.39 is 39.9 Å². The molecule has 1 saturated carbocycles. The lowest BCUT2D eigenvalue weighted by molar-refractivity contribution is -0.117. The summed E-state index contributed by atoms with van der Waals surface area (Å²) < 4.78 is 46.6. The molecule has 0 unspecified atom stereocenters. The van der Waals surface area contributed by atoms with Crippen LogP contribution in [0, 0.1) is 11.7 Å². The summed E-state index contributed by atoms with van der Waals surface area (Å²) in [6.45, 7) is 0.0127. The number of carbonyl (C=O) groups is 1. The minimum absolute atomic E-state index is 0.126. The number of rotatable bonds is 4. The van der Waals surface area contributed by atoms with Crippen LogP contribution in [0.4, 0.5) is 10.1 Å². The van der Waals surface area contributed by atoms with Gasteiger partial charge in [0.05, 0.1) is 6.61 Å². The van der Waals surface area contributed by atoms with Crippen LogP contribution < -0.4 is 13.8 Å². The van der Waals surface area contributed by atoms with Crippen LogP contribution >= 0.6 is 0 Å². The minimum atomic E-state index is -4.21. The highest BCUT2D eigenvalue weighted by atomic mass is 32.2. The molecule has 2 N–H and O–H groups in total. The zero-order valence-corrected chi connectivity index (χ0v) is 13.8. The average Bonchev–Trinajstić information content (AvgIpc) is 3.31. The number of amides is 1. The molecule has 25 heavy (non-hydrogen) atoms. The first-order valence-electron chi connectivity index (χ1n) is 7.76. The maximum Gasteiger partial charge on any atom is 0.326 e. The molecular formula is C16H15FN2O5S. The Kier molecular flexibility index (Phi) is 3.50. The van der Waals surface area contributed by atoms with Gasteiger partial charge in [0.1, 0.15) is 23.7 Å². The van der Waals surface area contributed by atoms with E-state index in [-0.39, 0.29) is 5.39 Å². The number of phenolic OH excluding ortho intramolecular Hbond substituents is 1. The van der Waals surface area contributed by atoms with Crippen LogP contribution in [0.1, 0.15) is 12.8 Å². The second-order valence-corrected chi connectivity index (χ2v) is 7.83. The van der Waals surface area contributed by atoms with E-state index >= 15 is 0 Å². The molecule has 1 aliphatic heterocycles. The second kappa shape index (κ2) is 5.48. The highest BCUT2D eigenvalue weighted by Crippen LogP contribution is 2.39. The molecule has 1 aliphatic carbocycles. The summed E-state index contributed by atoms with van der Waals surface area (Å²) in [6, 6.07) is 5.91. The van der Waals surface area contributed by atoms with Crippen molar-refractivity contribution in [3.05, 3.63) is 30.1 Å². The Balaban J connectivity index is 1.76. The van der Waals surface area contributed by atoms with Crippen LogP contribution in [-0.4, -0.2) is 32.6 Å². The Morgan fingerprint density at radius 3 is 2.72 bits per heavy atom. The first-order valence-corrected chi connectivity index (χ1v) is 9.20. The van der Waals surface area contributed by atoms with E-state index in [9.17, 15) is 22.7 Å². The van der Waals surface area contributed by atoms with Crippen LogP contribution in [0.25, 0.3) is 10.8 Å². The second-order valence-electron chi connectivity index (χ2n) is 6.23. The van der Waals surface area contributed by atoms with Crippen molar-refractivity contribution in [2.45, 2.75) is 12.8 Å². The van der Waals surface area contributed by atoms with Crippen molar-refractivity contribution in [3.8, 4) is 11.5 Å². The van der Waals surface area contributed by atoms with E-state index in [0.29, 0.717) is 28.0 Å². The van der Waals surface area contributed by atoms with Gasteiger partial charge in [-0.25, -0.2) is 13.4 Å². The van der Waals surface area contributed by atoms with E-state index in [0.717, 1.165) is 12.8 Å². The molecule has 132 valence electrons.